The van der Waals surface area contributed by atoms with Gasteiger partial charge in [0.2, 0.25) is 0 Å². The number of halogens is 1. The molecule has 2 rings (SSSR count). The van der Waals surface area contributed by atoms with Gasteiger partial charge < -0.3 is 10.4 Å². The monoisotopic (exact) mass is 333 g/mol. The summed E-state index contributed by atoms with van der Waals surface area (Å²) in [5.74, 6) is -0.525. The SMILES string of the molecule is O=C(NC1CCS(=O)(=O)C1)c1cc(Br)ccc1O. The summed E-state index contributed by atoms with van der Waals surface area (Å²) in [6.07, 6.45) is 0.419. The van der Waals surface area contributed by atoms with Crippen molar-refractivity contribution in [1.82, 2.24) is 5.32 Å². The van der Waals surface area contributed by atoms with Gasteiger partial charge >= 0.3 is 0 Å². The summed E-state index contributed by atoms with van der Waals surface area (Å²) in [5, 5.41) is 12.2. The Morgan fingerprint density at radius 2 is 2.17 bits per heavy atom. The molecule has 0 spiro atoms. The molecule has 1 aromatic rings. The topological polar surface area (TPSA) is 83.5 Å². The Hall–Kier alpha value is -1.08. The van der Waals surface area contributed by atoms with Gasteiger partial charge in [-0.05, 0) is 24.6 Å². The van der Waals surface area contributed by atoms with Crippen LogP contribution in [0, 0.1) is 0 Å². The summed E-state index contributed by atoms with van der Waals surface area (Å²) in [6.45, 7) is 0. The van der Waals surface area contributed by atoms with E-state index in [9.17, 15) is 18.3 Å². The summed E-state index contributed by atoms with van der Waals surface area (Å²) < 4.78 is 23.2. The number of rotatable bonds is 2. The Morgan fingerprint density at radius 3 is 2.78 bits per heavy atom. The lowest BCUT2D eigenvalue weighted by Crippen LogP contribution is -2.35. The van der Waals surface area contributed by atoms with E-state index < -0.39 is 15.7 Å². The molecular formula is C11H12BrNO4S. The molecule has 1 fully saturated rings. The number of benzene rings is 1. The number of carbonyl (C=O) groups excluding carboxylic acids is 1. The molecule has 0 radical (unpaired) electrons. The molecule has 0 aliphatic carbocycles. The minimum Gasteiger partial charge on any atom is -0.507 e. The second-order valence-corrected chi connectivity index (χ2v) is 7.38. The molecule has 7 heteroatoms. The summed E-state index contributed by atoms with van der Waals surface area (Å²) in [4.78, 5) is 11.9. The maximum atomic E-state index is 11.9. The van der Waals surface area contributed by atoms with Crippen molar-refractivity contribution in [2.24, 2.45) is 0 Å². The van der Waals surface area contributed by atoms with E-state index in [4.69, 9.17) is 0 Å². The highest BCUT2D eigenvalue weighted by atomic mass is 79.9. The fourth-order valence-electron chi connectivity index (χ4n) is 1.86. The van der Waals surface area contributed by atoms with Gasteiger partial charge in [0.15, 0.2) is 9.84 Å². The Kier molecular flexibility index (Phi) is 3.63. The molecule has 98 valence electrons. The molecule has 1 heterocycles. The normalized spacial score (nSPS) is 21.7. The van der Waals surface area contributed by atoms with Gasteiger partial charge in [-0.2, -0.15) is 0 Å². The van der Waals surface area contributed by atoms with Crippen LogP contribution in [0.5, 0.6) is 5.75 Å². The van der Waals surface area contributed by atoms with E-state index in [2.05, 4.69) is 21.2 Å². The molecule has 0 bridgehead atoms. The third-order valence-electron chi connectivity index (χ3n) is 2.77. The van der Waals surface area contributed by atoms with E-state index in [0.717, 1.165) is 0 Å². The molecule has 1 aromatic carbocycles. The maximum Gasteiger partial charge on any atom is 0.255 e. The second kappa shape index (κ2) is 4.89. The third-order valence-corrected chi connectivity index (χ3v) is 5.03. The molecule has 1 unspecified atom stereocenters. The molecule has 1 aliphatic rings. The number of sulfone groups is 1. The zero-order valence-electron chi connectivity index (χ0n) is 9.39. The highest BCUT2D eigenvalue weighted by molar-refractivity contribution is 9.10. The Balaban J connectivity index is 2.11. The number of carbonyl (C=O) groups is 1. The number of nitrogens with one attached hydrogen (secondary N) is 1. The Morgan fingerprint density at radius 1 is 1.44 bits per heavy atom. The lowest BCUT2D eigenvalue weighted by Gasteiger charge is -2.11. The molecule has 18 heavy (non-hydrogen) atoms. The van der Waals surface area contributed by atoms with Crippen LogP contribution in [0.2, 0.25) is 0 Å². The quantitative estimate of drug-likeness (QED) is 0.848. The van der Waals surface area contributed by atoms with E-state index in [-0.39, 0.29) is 28.9 Å². The molecule has 5 nitrogen and oxygen atoms in total. The van der Waals surface area contributed by atoms with Crippen LogP contribution in [0.25, 0.3) is 0 Å². The molecule has 1 aliphatic heterocycles. The van der Waals surface area contributed by atoms with Gasteiger partial charge in [-0.15, -0.1) is 0 Å². The van der Waals surface area contributed by atoms with Crippen LogP contribution in [0.4, 0.5) is 0 Å². The summed E-state index contributed by atoms with van der Waals surface area (Å²) in [7, 11) is -3.03. The molecule has 1 saturated heterocycles. The van der Waals surface area contributed by atoms with Crippen LogP contribution in [-0.2, 0) is 9.84 Å². The summed E-state index contributed by atoms with van der Waals surface area (Å²) in [6, 6.07) is 4.14. The fourth-order valence-corrected chi connectivity index (χ4v) is 3.90. The van der Waals surface area contributed by atoms with Gasteiger partial charge in [-0.1, -0.05) is 15.9 Å². The molecule has 1 amide bonds. The predicted molar refractivity (Wildman–Crippen MR) is 70.3 cm³/mol. The lowest BCUT2D eigenvalue weighted by molar-refractivity contribution is 0.0938. The molecule has 1 atom stereocenters. The van der Waals surface area contributed by atoms with E-state index >= 15 is 0 Å². The number of hydrogen-bond acceptors (Lipinski definition) is 4. The van der Waals surface area contributed by atoms with Gasteiger partial charge in [-0.25, -0.2) is 8.42 Å². The first-order valence-electron chi connectivity index (χ1n) is 5.37. The minimum absolute atomic E-state index is 0.0342. The maximum absolute atomic E-state index is 11.9. The largest absolute Gasteiger partial charge is 0.507 e. The van der Waals surface area contributed by atoms with E-state index in [1.54, 1.807) is 6.07 Å². The zero-order valence-corrected chi connectivity index (χ0v) is 11.8. The smallest absolute Gasteiger partial charge is 0.255 e. The number of aromatic hydroxyl groups is 1. The first kappa shape index (κ1) is 13.4. The highest BCUT2D eigenvalue weighted by Gasteiger charge is 2.29. The van der Waals surface area contributed by atoms with Crippen LogP contribution in [0.1, 0.15) is 16.8 Å². The molecule has 2 N–H and O–H groups in total. The van der Waals surface area contributed by atoms with Gasteiger partial charge in [-0.3, -0.25) is 4.79 Å². The van der Waals surface area contributed by atoms with Crippen molar-refractivity contribution in [2.45, 2.75) is 12.5 Å². The van der Waals surface area contributed by atoms with Crippen molar-refractivity contribution in [3.63, 3.8) is 0 Å². The lowest BCUT2D eigenvalue weighted by atomic mass is 10.1. The van der Waals surface area contributed by atoms with Gasteiger partial charge in [0.05, 0.1) is 17.1 Å². The summed E-state index contributed by atoms with van der Waals surface area (Å²) >= 11 is 3.21. The average Bonchev–Trinajstić information content (AvgIpc) is 2.61. The number of hydrogen-bond donors (Lipinski definition) is 2. The Bertz CT molecular complexity index is 585. The highest BCUT2D eigenvalue weighted by Crippen LogP contribution is 2.22. The number of phenolic OH excluding ortho intramolecular Hbond substituents is 1. The number of amides is 1. The first-order chi connectivity index (χ1) is 8.37. The van der Waals surface area contributed by atoms with Gasteiger partial charge in [0, 0.05) is 10.5 Å². The van der Waals surface area contributed by atoms with Crippen LogP contribution < -0.4 is 5.32 Å². The average molecular weight is 334 g/mol. The van der Waals surface area contributed by atoms with Crippen molar-refractivity contribution >= 4 is 31.7 Å². The van der Waals surface area contributed by atoms with E-state index in [0.29, 0.717) is 10.9 Å². The van der Waals surface area contributed by atoms with Crippen LogP contribution in [-0.4, -0.2) is 37.0 Å². The minimum atomic E-state index is -3.03. The van der Waals surface area contributed by atoms with Crippen LogP contribution in [0.3, 0.4) is 0 Å². The van der Waals surface area contributed by atoms with Crippen LogP contribution in [0.15, 0.2) is 22.7 Å². The Labute approximate surface area is 113 Å². The van der Waals surface area contributed by atoms with Gasteiger partial charge in [0.1, 0.15) is 5.75 Å². The van der Waals surface area contributed by atoms with Crippen molar-refractivity contribution in [3.05, 3.63) is 28.2 Å². The second-order valence-electron chi connectivity index (χ2n) is 4.23. The fraction of sp³-hybridized carbons (Fsp3) is 0.364. The summed E-state index contributed by atoms with van der Waals surface area (Å²) in [5.41, 5.74) is 0.133. The zero-order chi connectivity index (χ0) is 13.3. The van der Waals surface area contributed by atoms with E-state index in [1.165, 1.54) is 12.1 Å². The van der Waals surface area contributed by atoms with Crippen molar-refractivity contribution in [2.75, 3.05) is 11.5 Å². The number of phenols is 1. The van der Waals surface area contributed by atoms with Crippen molar-refractivity contribution in [3.8, 4) is 5.75 Å². The van der Waals surface area contributed by atoms with Crippen molar-refractivity contribution in [1.29, 1.82) is 0 Å². The standard InChI is InChI=1S/C11H12BrNO4S/c12-7-1-2-10(14)9(5-7)11(15)13-8-3-4-18(16,17)6-8/h1-2,5,8,14H,3-4,6H2,(H,13,15). The van der Waals surface area contributed by atoms with Gasteiger partial charge in [0.25, 0.3) is 5.91 Å². The molecule has 0 aromatic heterocycles. The molecule has 0 saturated carbocycles. The predicted octanol–water partition coefficient (Wildman–Crippen LogP) is 1.07. The van der Waals surface area contributed by atoms with Crippen molar-refractivity contribution < 1.29 is 18.3 Å². The first-order valence-corrected chi connectivity index (χ1v) is 7.98. The van der Waals surface area contributed by atoms with E-state index in [1.807, 2.05) is 0 Å². The van der Waals surface area contributed by atoms with Crippen LogP contribution >= 0.6 is 15.9 Å². The third kappa shape index (κ3) is 3.02. The molecular weight excluding hydrogens is 322 g/mol.